The van der Waals surface area contributed by atoms with Gasteiger partial charge in [0.15, 0.2) is 0 Å². The molecule has 0 radical (unpaired) electrons. The van der Waals surface area contributed by atoms with Crippen molar-refractivity contribution in [1.29, 1.82) is 0 Å². The van der Waals surface area contributed by atoms with Crippen molar-refractivity contribution >= 4 is 5.69 Å². The van der Waals surface area contributed by atoms with Crippen molar-refractivity contribution < 1.29 is 5.11 Å². The summed E-state index contributed by atoms with van der Waals surface area (Å²) in [6.07, 6.45) is 0.895. The zero-order chi connectivity index (χ0) is 13.1. The van der Waals surface area contributed by atoms with Crippen LogP contribution in [0.5, 0.6) is 5.75 Å². The summed E-state index contributed by atoms with van der Waals surface area (Å²) in [7, 11) is 1.92. The molecule has 0 aliphatic carbocycles. The number of hydrogen-bond acceptors (Lipinski definition) is 2. The molecule has 94 valence electrons. The summed E-state index contributed by atoms with van der Waals surface area (Å²) in [5, 5.41) is 12.9. The van der Waals surface area contributed by atoms with Gasteiger partial charge in [0.1, 0.15) is 5.75 Å². The lowest BCUT2D eigenvalue weighted by molar-refractivity contribution is 0.466. The Hall–Kier alpha value is -1.96. The van der Waals surface area contributed by atoms with Gasteiger partial charge < -0.3 is 10.4 Å². The van der Waals surface area contributed by atoms with Crippen molar-refractivity contribution in [2.75, 3.05) is 12.4 Å². The standard InChI is InChI=1S/C16H19NO/c1-11-8-14(9-12(2)16(11)18)10-13-4-6-15(17-3)7-5-13/h4-9,17-18H,10H2,1-3H3. The van der Waals surface area contributed by atoms with Gasteiger partial charge in [0.05, 0.1) is 0 Å². The summed E-state index contributed by atoms with van der Waals surface area (Å²) in [4.78, 5) is 0. The lowest BCUT2D eigenvalue weighted by Gasteiger charge is -2.08. The average Bonchev–Trinajstić information content (AvgIpc) is 2.37. The molecular weight excluding hydrogens is 222 g/mol. The van der Waals surface area contributed by atoms with Gasteiger partial charge in [-0.25, -0.2) is 0 Å². The van der Waals surface area contributed by atoms with E-state index in [4.69, 9.17) is 0 Å². The third kappa shape index (κ3) is 2.65. The number of nitrogens with one attached hydrogen (secondary N) is 1. The van der Waals surface area contributed by atoms with E-state index in [1.54, 1.807) is 0 Å². The van der Waals surface area contributed by atoms with E-state index in [0.29, 0.717) is 5.75 Å². The van der Waals surface area contributed by atoms with Gasteiger partial charge in [-0.15, -0.1) is 0 Å². The first-order valence-electron chi connectivity index (χ1n) is 6.16. The van der Waals surface area contributed by atoms with Gasteiger partial charge in [-0.3, -0.25) is 0 Å². The predicted octanol–water partition coefficient (Wildman–Crippen LogP) is 3.64. The van der Waals surface area contributed by atoms with Crippen molar-refractivity contribution in [3.05, 3.63) is 58.7 Å². The fourth-order valence-corrected chi connectivity index (χ4v) is 2.17. The summed E-state index contributed by atoms with van der Waals surface area (Å²) in [6, 6.07) is 12.5. The molecule has 0 saturated heterocycles. The van der Waals surface area contributed by atoms with Crippen LogP contribution in [0.3, 0.4) is 0 Å². The van der Waals surface area contributed by atoms with Crippen LogP contribution in [0.25, 0.3) is 0 Å². The Bertz CT molecular complexity index is 521. The Labute approximate surface area is 108 Å². The first-order chi connectivity index (χ1) is 8.60. The van der Waals surface area contributed by atoms with E-state index in [1.807, 2.05) is 33.0 Å². The Morgan fingerprint density at radius 1 is 0.944 bits per heavy atom. The summed E-state index contributed by atoms with van der Waals surface area (Å²) < 4.78 is 0. The highest BCUT2D eigenvalue weighted by Crippen LogP contribution is 2.24. The molecule has 2 aromatic rings. The molecule has 0 aromatic heterocycles. The molecule has 0 bridgehead atoms. The first-order valence-corrected chi connectivity index (χ1v) is 6.16. The van der Waals surface area contributed by atoms with Crippen LogP contribution in [-0.4, -0.2) is 12.2 Å². The number of aromatic hydroxyl groups is 1. The number of rotatable bonds is 3. The van der Waals surface area contributed by atoms with Crippen LogP contribution in [0, 0.1) is 13.8 Å². The highest BCUT2D eigenvalue weighted by atomic mass is 16.3. The van der Waals surface area contributed by atoms with Crippen LogP contribution >= 0.6 is 0 Å². The maximum Gasteiger partial charge on any atom is 0.121 e. The van der Waals surface area contributed by atoms with E-state index >= 15 is 0 Å². The van der Waals surface area contributed by atoms with E-state index in [2.05, 4.69) is 29.6 Å². The number of benzene rings is 2. The van der Waals surface area contributed by atoms with Crippen molar-refractivity contribution in [3.63, 3.8) is 0 Å². The molecule has 0 heterocycles. The summed E-state index contributed by atoms with van der Waals surface area (Å²) >= 11 is 0. The van der Waals surface area contributed by atoms with Crippen LogP contribution in [0.1, 0.15) is 22.3 Å². The van der Waals surface area contributed by atoms with Crippen molar-refractivity contribution in [3.8, 4) is 5.75 Å². The molecule has 0 fully saturated rings. The van der Waals surface area contributed by atoms with Gasteiger partial charge in [0, 0.05) is 12.7 Å². The number of aryl methyl sites for hydroxylation is 2. The second kappa shape index (κ2) is 5.13. The van der Waals surface area contributed by atoms with E-state index in [1.165, 1.54) is 11.1 Å². The summed E-state index contributed by atoms with van der Waals surface area (Å²) in [6.45, 7) is 3.88. The average molecular weight is 241 g/mol. The van der Waals surface area contributed by atoms with Gasteiger partial charge >= 0.3 is 0 Å². The lowest BCUT2D eigenvalue weighted by Crippen LogP contribution is -1.93. The van der Waals surface area contributed by atoms with Crippen molar-refractivity contribution in [2.45, 2.75) is 20.3 Å². The van der Waals surface area contributed by atoms with Gasteiger partial charge in [0.25, 0.3) is 0 Å². The van der Waals surface area contributed by atoms with Gasteiger partial charge in [-0.1, -0.05) is 24.3 Å². The zero-order valence-corrected chi connectivity index (χ0v) is 11.1. The number of phenols is 1. The molecule has 0 saturated carbocycles. The fourth-order valence-electron chi connectivity index (χ4n) is 2.17. The Morgan fingerprint density at radius 3 is 2.00 bits per heavy atom. The molecule has 0 aliphatic heterocycles. The molecule has 2 N–H and O–H groups in total. The van der Waals surface area contributed by atoms with Gasteiger partial charge in [0.2, 0.25) is 0 Å². The summed E-state index contributed by atoms with van der Waals surface area (Å²) in [5.41, 5.74) is 5.52. The molecular formula is C16H19NO. The molecule has 0 aliphatic rings. The Kier molecular flexibility index (Phi) is 3.56. The third-order valence-electron chi connectivity index (χ3n) is 3.20. The number of phenolic OH excluding ortho intramolecular Hbond substituents is 1. The molecule has 0 amide bonds. The zero-order valence-electron chi connectivity index (χ0n) is 11.1. The number of hydrogen-bond donors (Lipinski definition) is 2. The quantitative estimate of drug-likeness (QED) is 0.859. The topological polar surface area (TPSA) is 32.3 Å². The van der Waals surface area contributed by atoms with E-state index in [9.17, 15) is 5.11 Å². The monoisotopic (exact) mass is 241 g/mol. The lowest BCUT2D eigenvalue weighted by atomic mass is 10.00. The molecule has 2 heteroatoms. The van der Waals surface area contributed by atoms with Crippen LogP contribution < -0.4 is 5.32 Å². The molecule has 0 atom stereocenters. The van der Waals surface area contributed by atoms with E-state index < -0.39 is 0 Å². The highest BCUT2D eigenvalue weighted by Gasteiger charge is 2.04. The smallest absolute Gasteiger partial charge is 0.121 e. The molecule has 0 unspecified atom stereocenters. The van der Waals surface area contributed by atoms with E-state index in [-0.39, 0.29) is 0 Å². The van der Waals surface area contributed by atoms with Crippen LogP contribution in [-0.2, 0) is 6.42 Å². The van der Waals surface area contributed by atoms with Crippen molar-refractivity contribution in [1.82, 2.24) is 0 Å². The predicted molar refractivity (Wildman–Crippen MR) is 76.4 cm³/mol. The van der Waals surface area contributed by atoms with E-state index in [0.717, 1.165) is 23.2 Å². The molecule has 2 aromatic carbocycles. The second-order valence-electron chi connectivity index (χ2n) is 4.70. The van der Waals surface area contributed by atoms with Crippen LogP contribution in [0.15, 0.2) is 36.4 Å². The van der Waals surface area contributed by atoms with Crippen molar-refractivity contribution in [2.24, 2.45) is 0 Å². The first kappa shape index (κ1) is 12.5. The molecule has 2 rings (SSSR count). The molecule has 2 nitrogen and oxygen atoms in total. The minimum Gasteiger partial charge on any atom is -0.507 e. The maximum absolute atomic E-state index is 9.76. The number of anilines is 1. The molecule has 0 spiro atoms. The maximum atomic E-state index is 9.76. The van der Waals surface area contributed by atoms with Gasteiger partial charge in [-0.2, -0.15) is 0 Å². The largest absolute Gasteiger partial charge is 0.507 e. The van der Waals surface area contributed by atoms with Crippen LogP contribution in [0.4, 0.5) is 5.69 Å². The highest BCUT2D eigenvalue weighted by molar-refractivity contribution is 5.46. The summed E-state index contributed by atoms with van der Waals surface area (Å²) in [5.74, 6) is 0.407. The normalized spacial score (nSPS) is 10.4. The minimum absolute atomic E-state index is 0.407. The minimum atomic E-state index is 0.407. The van der Waals surface area contributed by atoms with Crippen LogP contribution in [0.2, 0.25) is 0 Å². The fraction of sp³-hybridized carbons (Fsp3) is 0.250. The second-order valence-corrected chi connectivity index (χ2v) is 4.70. The Balaban J connectivity index is 2.23. The van der Waals surface area contributed by atoms with Gasteiger partial charge in [-0.05, 0) is 54.7 Å². The Morgan fingerprint density at radius 2 is 1.50 bits per heavy atom. The third-order valence-corrected chi connectivity index (χ3v) is 3.20. The molecule has 18 heavy (non-hydrogen) atoms. The SMILES string of the molecule is CNc1ccc(Cc2cc(C)c(O)c(C)c2)cc1.